The molecule has 1 N–H and O–H groups in total. The maximum atomic E-state index is 13.5. The van der Waals surface area contributed by atoms with E-state index in [-0.39, 0.29) is 19.0 Å². The van der Waals surface area contributed by atoms with Crippen molar-refractivity contribution >= 4 is 5.78 Å². The molecule has 0 bridgehead atoms. The Morgan fingerprint density at radius 3 is 1.67 bits per heavy atom. The van der Waals surface area contributed by atoms with Crippen molar-refractivity contribution in [1.82, 2.24) is 0 Å². The Morgan fingerprint density at radius 1 is 0.788 bits per heavy atom. The molecule has 3 atom stereocenters. The van der Waals surface area contributed by atoms with Gasteiger partial charge in [-0.15, -0.1) is 0 Å². The maximum Gasteiger partial charge on any atom is 0.203 e. The molecule has 1 aliphatic heterocycles. The number of aliphatic hydroxyl groups excluding tert-OH is 1. The summed E-state index contributed by atoms with van der Waals surface area (Å²) in [5, 5.41) is 11.2. The molecule has 0 aromatic heterocycles. The standard InChI is InChI=1S/C24H30O9/c1-27-17-7-13(8-18(28-2)23(17)31-5)21(25)15-11-33-12-16(15)22(26)14-9-19(29-3)24(32-6)20(10-14)30-4/h7-10,15-16,21,25H,11-12H2,1-6H3/t15-,16-,21+/m1/s1. The van der Waals surface area contributed by atoms with Crippen molar-refractivity contribution in [2.75, 3.05) is 55.9 Å². The van der Waals surface area contributed by atoms with Gasteiger partial charge in [-0.2, -0.15) is 0 Å². The van der Waals surface area contributed by atoms with Crippen LogP contribution < -0.4 is 28.4 Å². The Labute approximate surface area is 193 Å². The van der Waals surface area contributed by atoms with Crippen LogP contribution in [0.2, 0.25) is 0 Å². The summed E-state index contributed by atoms with van der Waals surface area (Å²) in [7, 11) is 8.98. The van der Waals surface area contributed by atoms with Crippen LogP contribution in [0.3, 0.4) is 0 Å². The van der Waals surface area contributed by atoms with Crippen LogP contribution >= 0.6 is 0 Å². The molecule has 0 radical (unpaired) electrons. The number of benzene rings is 2. The number of ether oxygens (including phenoxy) is 7. The molecule has 33 heavy (non-hydrogen) atoms. The summed E-state index contributed by atoms with van der Waals surface area (Å²) in [5.74, 6) is 1.14. The van der Waals surface area contributed by atoms with E-state index in [9.17, 15) is 9.90 Å². The minimum Gasteiger partial charge on any atom is -0.493 e. The predicted molar refractivity (Wildman–Crippen MR) is 119 cm³/mol. The van der Waals surface area contributed by atoms with Gasteiger partial charge in [0.15, 0.2) is 28.8 Å². The van der Waals surface area contributed by atoms with E-state index in [1.165, 1.54) is 42.7 Å². The van der Waals surface area contributed by atoms with Crippen LogP contribution in [0.5, 0.6) is 34.5 Å². The smallest absolute Gasteiger partial charge is 0.203 e. The van der Waals surface area contributed by atoms with E-state index >= 15 is 0 Å². The third-order valence-electron chi connectivity index (χ3n) is 5.84. The molecular weight excluding hydrogens is 432 g/mol. The number of hydrogen-bond donors (Lipinski definition) is 1. The Hall–Kier alpha value is -3.17. The number of carbonyl (C=O) groups excluding carboxylic acids is 1. The normalized spacial score (nSPS) is 18.4. The number of rotatable bonds is 10. The molecule has 1 heterocycles. The minimum absolute atomic E-state index is 0.182. The topological polar surface area (TPSA) is 102 Å². The van der Waals surface area contributed by atoms with Gasteiger partial charge >= 0.3 is 0 Å². The van der Waals surface area contributed by atoms with Crippen molar-refractivity contribution in [3.63, 3.8) is 0 Å². The van der Waals surface area contributed by atoms with E-state index in [2.05, 4.69) is 0 Å². The van der Waals surface area contributed by atoms with Crippen molar-refractivity contribution < 1.29 is 43.1 Å². The molecule has 3 rings (SSSR count). The van der Waals surface area contributed by atoms with Crippen molar-refractivity contribution in [2.45, 2.75) is 6.10 Å². The Morgan fingerprint density at radius 2 is 1.24 bits per heavy atom. The SMILES string of the molecule is COc1cc(C(=O)[C@@H]2COC[C@H]2[C@@H](O)c2cc(OC)c(OC)c(OC)c2)cc(OC)c1OC. The quantitative estimate of drug-likeness (QED) is 0.534. The first-order chi connectivity index (χ1) is 15.9. The van der Waals surface area contributed by atoms with Gasteiger partial charge in [0, 0.05) is 11.5 Å². The van der Waals surface area contributed by atoms with E-state index in [1.807, 2.05) is 0 Å². The van der Waals surface area contributed by atoms with Crippen LogP contribution in [0.25, 0.3) is 0 Å². The molecule has 9 heteroatoms. The number of hydrogen-bond acceptors (Lipinski definition) is 9. The van der Waals surface area contributed by atoms with E-state index in [4.69, 9.17) is 33.2 Å². The fourth-order valence-corrected chi connectivity index (χ4v) is 4.11. The Kier molecular flexibility index (Phi) is 7.88. The molecule has 2 aromatic rings. The van der Waals surface area contributed by atoms with Gasteiger partial charge in [0.05, 0.1) is 67.9 Å². The molecule has 2 aromatic carbocycles. The van der Waals surface area contributed by atoms with Crippen LogP contribution in [-0.2, 0) is 4.74 Å². The lowest BCUT2D eigenvalue weighted by Crippen LogP contribution is -2.27. The zero-order valence-electron chi connectivity index (χ0n) is 19.7. The minimum atomic E-state index is -1.00. The van der Waals surface area contributed by atoms with Crippen LogP contribution in [0, 0.1) is 11.8 Å². The van der Waals surface area contributed by atoms with Gasteiger partial charge < -0.3 is 38.3 Å². The number of carbonyl (C=O) groups is 1. The summed E-state index contributed by atoms with van der Waals surface area (Å²) in [4.78, 5) is 13.5. The lowest BCUT2D eigenvalue weighted by atomic mass is 9.82. The van der Waals surface area contributed by atoms with Crippen molar-refractivity contribution in [1.29, 1.82) is 0 Å². The maximum absolute atomic E-state index is 13.5. The molecule has 0 spiro atoms. The van der Waals surface area contributed by atoms with Gasteiger partial charge in [-0.05, 0) is 29.8 Å². The summed E-state index contributed by atoms with van der Waals surface area (Å²) in [6, 6.07) is 6.55. The molecule has 0 amide bonds. The average Bonchev–Trinajstić information content (AvgIpc) is 3.35. The predicted octanol–water partition coefficient (Wildman–Crippen LogP) is 2.92. The number of methoxy groups -OCH3 is 6. The molecule has 1 aliphatic rings. The molecule has 1 saturated heterocycles. The highest BCUT2D eigenvalue weighted by Gasteiger charge is 2.40. The van der Waals surface area contributed by atoms with Gasteiger partial charge in [-0.1, -0.05) is 0 Å². The first kappa shape index (κ1) is 24.5. The first-order valence-electron chi connectivity index (χ1n) is 10.3. The molecule has 1 fully saturated rings. The molecule has 180 valence electrons. The summed E-state index contributed by atoms with van der Waals surface area (Å²) in [5.41, 5.74) is 0.907. The number of Topliss-reactive ketones (excluding diaryl/α,β-unsaturated/α-hetero) is 1. The van der Waals surface area contributed by atoms with Gasteiger partial charge in [-0.3, -0.25) is 4.79 Å². The third-order valence-corrected chi connectivity index (χ3v) is 5.84. The van der Waals surface area contributed by atoms with Gasteiger partial charge in [0.2, 0.25) is 11.5 Å². The second kappa shape index (κ2) is 10.6. The fourth-order valence-electron chi connectivity index (χ4n) is 4.11. The van der Waals surface area contributed by atoms with Crippen molar-refractivity contribution in [3.8, 4) is 34.5 Å². The van der Waals surface area contributed by atoms with Crippen LogP contribution in [-0.4, -0.2) is 66.8 Å². The van der Waals surface area contributed by atoms with Gasteiger partial charge in [0.1, 0.15) is 0 Å². The largest absolute Gasteiger partial charge is 0.493 e. The summed E-state index contributed by atoms with van der Waals surface area (Å²) in [6.45, 7) is 0.403. The molecule has 0 aliphatic carbocycles. The fraction of sp³-hybridized carbons (Fsp3) is 0.458. The van der Waals surface area contributed by atoms with Crippen LogP contribution in [0.1, 0.15) is 22.0 Å². The summed E-state index contributed by atoms with van der Waals surface area (Å²) in [6.07, 6.45) is -1.00. The van der Waals surface area contributed by atoms with Crippen molar-refractivity contribution in [3.05, 3.63) is 35.4 Å². The van der Waals surface area contributed by atoms with Crippen LogP contribution in [0.4, 0.5) is 0 Å². The van der Waals surface area contributed by atoms with E-state index in [0.29, 0.717) is 45.6 Å². The lowest BCUT2D eigenvalue weighted by Gasteiger charge is -2.24. The molecule has 0 unspecified atom stereocenters. The number of aliphatic hydroxyl groups is 1. The molecule has 9 nitrogen and oxygen atoms in total. The Balaban J connectivity index is 1.95. The second-order valence-corrected chi connectivity index (χ2v) is 7.49. The average molecular weight is 462 g/mol. The highest BCUT2D eigenvalue weighted by Crippen LogP contribution is 2.44. The second-order valence-electron chi connectivity index (χ2n) is 7.49. The lowest BCUT2D eigenvalue weighted by molar-refractivity contribution is 0.0673. The Bertz CT molecular complexity index is 938. The highest BCUT2D eigenvalue weighted by molar-refractivity contribution is 5.99. The molecular formula is C24H30O9. The zero-order valence-corrected chi connectivity index (χ0v) is 19.7. The monoisotopic (exact) mass is 462 g/mol. The van der Waals surface area contributed by atoms with Gasteiger partial charge in [-0.25, -0.2) is 0 Å². The van der Waals surface area contributed by atoms with Crippen LogP contribution in [0.15, 0.2) is 24.3 Å². The summed E-state index contributed by atoms with van der Waals surface area (Å²) < 4.78 is 37.8. The van der Waals surface area contributed by atoms with E-state index in [0.717, 1.165) is 0 Å². The third kappa shape index (κ3) is 4.65. The van der Waals surface area contributed by atoms with Crippen molar-refractivity contribution in [2.24, 2.45) is 11.8 Å². The van der Waals surface area contributed by atoms with Gasteiger partial charge in [0.25, 0.3) is 0 Å². The van der Waals surface area contributed by atoms with E-state index in [1.54, 1.807) is 24.3 Å². The van der Waals surface area contributed by atoms with E-state index < -0.39 is 17.9 Å². The zero-order chi connectivity index (χ0) is 24.1. The first-order valence-corrected chi connectivity index (χ1v) is 10.3. The summed E-state index contributed by atoms with van der Waals surface area (Å²) >= 11 is 0. The number of ketones is 1. The molecule has 0 saturated carbocycles. The highest BCUT2D eigenvalue weighted by atomic mass is 16.5.